The number of anilines is 1. The molecule has 0 saturated heterocycles. The maximum absolute atomic E-state index is 13.5. The molecule has 0 bridgehead atoms. The minimum Gasteiger partial charge on any atom is -0.329 e. The number of rotatable bonds is 6. The van der Waals surface area contributed by atoms with Crippen LogP contribution in [0.2, 0.25) is 0 Å². The molecular weight excluding hydrogens is 365 g/mol. The summed E-state index contributed by atoms with van der Waals surface area (Å²) in [5.74, 6) is -0.678. The van der Waals surface area contributed by atoms with E-state index in [1.165, 1.54) is 36.0 Å². The van der Waals surface area contributed by atoms with Crippen molar-refractivity contribution in [2.45, 2.75) is 39.0 Å². The van der Waals surface area contributed by atoms with Crippen LogP contribution in [0, 0.1) is 18.7 Å². The van der Waals surface area contributed by atoms with E-state index in [0.29, 0.717) is 17.6 Å². The molecule has 144 valence electrons. The first-order chi connectivity index (χ1) is 13.0. The van der Waals surface area contributed by atoms with Crippen LogP contribution in [0.5, 0.6) is 0 Å². The number of carbonyl (C=O) groups excluding carboxylic acids is 2. The van der Waals surface area contributed by atoms with Crippen molar-refractivity contribution in [1.82, 2.24) is 9.88 Å². The van der Waals surface area contributed by atoms with Crippen LogP contribution >= 0.6 is 11.3 Å². The van der Waals surface area contributed by atoms with Crippen LogP contribution in [-0.4, -0.2) is 34.8 Å². The number of halogens is 1. The number of hydrogen-bond donors (Lipinski definition) is 1. The summed E-state index contributed by atoms with van der Waals surface area (Å²) in [5.41, 5.74) is 1.11. The molecule has 1 heterocycles. The highest BCUT2D eigenvalue weighted by Crippen LogP contribution is 2.25. The molecular formula is C20H24FN3O2S. The van der Waals surface area contributed by atoms with Gasteiger partial charge in [0.1, 0.15) is 12.4 Å². The Morgan fingerprint density at radius 1 is 1.30 bits per heavy atom. The Labute approximate surface area is 162 Å². The molecule has 0 atom stereocenters. The molecule has 27 heavy (non-hydrogen) atoms. The third kappa shape index (κ3) is 5.60. The summed E-state index contributed by atoms with van der Waals surface area (Å²) < 4.78 is 13.5. The van der Waals surface area contributed by atoms with Crippen LogP contribution in [-0.2, 0) is 4.79 Å². The van der Waals surface area contributed by atoms with Crippen LogP contribution in [0.15, 0.2) is 29.6 Å². The van der Waals surface area contributed by atoms with E-state index in [4.69, 9.17) is 0 Å². The summed E-state index contributed by atoms with van der Waals surface area (Å²) in [6.45, 7) is 2.30. The minimum atomic E-state index is -0.457. The number of thiazole rings is 1. The summed E-state index contributed by atoms with van der Waals surface area (Å²) in [4.78, 5) is 31.2. The number of benzene rings is 1. The van der Waals surface area contributed by atoms with Gasteiger partial charge in [0.2, 0.25) is 5.91 Å². The average molecular weight is 389 g/mol. The van der Waals surface area contributed by atoms with E-state index in [2.05, 4.69) is 10.3 Å². The number of aromatic nitrogens is 1. The Balaban J connectivity index is 1.71. The largest absolute Gasteiger partial charge is 0.329 e. The summed E-state index contributed by atoms with van der Waals surface area (Å²) in [6.07, 6.45) is 5.63. The van der Waals surface area contributed by atoms with E-state index in [9.17, 15) is 14.0 Å². The lowest BCUT2D eigenvalue weighted by atomic mass is 9.89. The van der Waals surface area contributed by atoms with Crippen molar-refractivity contribution in [3.05, 3.63) is 46.7 Å². The average Bonchev–Trinajstić information content (AvgIpc) is 3.06. The van der Waals surface area contributed by atoms with Crippen LogP contribution in [0.25, 0.3) is 0 Å². The molecule has 1 aliphatic rings. The highest BCUT2D eigenvalue weighted by Gasteiger charge is 2.24. The molecule has 1 saturated carbocycles. The highest BCUT2D eigenvalue weighted by atomic mass is 32.1. The van der Waals surface area contributed by atoms with Gasteiger partial charge in [-0.15, -0.1) is 11.3 Å². The normalized spacial score (nSPS) is 14.7. The van der Waals surface area contributed by atoms with Crippen LogP contribution in [0.1, 0.15) is 48.2 Å². The van der Waals surface area contributed by atoms with Crippen molar-refractivity contribution in [2.24, 2.45) is 5.92 Å². The molecule has 7 heteroatoms. The monoisotopic (exact) mass is 389 g/mol. The zero-order chi connectivity index (χ0) is 19.2. The number of amides is 2. The molecule has 0 aliphatic heterocycles. The number of nitrogens with one attached hydrogen (secondary N) is 1. The molecule has 0 spiro atoms. The fraction of sp³-hybridized carbons (Fsp3) is 0.450. The van der Waals surface area contributed by atoms with Gasteiger partial charge in [-0.1, -0.05) is 25.3 Å². The second kappa shape index (κ2) is 9.08. The fourth-order valence-corrected chi connectivity index (χ4v) is 4.15. The zero-order valence-electron chi connectivity index (χ0n) is 15.4. The molecule has 3 rings (SSSR count). The lowest BCUT2D eigenvalue weighted by Gasteiger charge is -2.29. The predicted octanol–water partition coefficient (Wildman–Crippen LogP) is 4.25. The van der Waals surface area contributed by atoms with Gasteiger partial charge in [-0.2, -0.15) is 0 Å². The first kappa shape index (κ1) is 19.5. The Hall–Kier alpha value is -2.28. The van der Waals surface area contributed by atoms with Gasteiger partial charge >= 0.3 is 0 Å². The smallest absolute Gasteiger partial charge is 0.254 e. The van der Waals surface area contributed by atoms with Crippen molar-refractivity contribution in [3.63, 3.8) is 0 Å². The maximum Gasteiger partial charge on any atom is 0.254 e. The van der Waals surface area contributed by atoms with Gasteiger partial charge in [0, 0.05) is 17.5 Å². The highest BCUT2D eigenvalue weighted by molar-refractivity contribution is 7.13. The first-order valence-electron chi connectivity index (χ1n) is 9.28. The Morgan fingerprint density at radius 2 is 2.07 bits per heavy atom. The summed E-state index contributed by atoms with van der Waals surface area (Å²) in [7, 11) is 0. The Kier molecular flexibility index (Phi) is 6.55. The van der Waals surface area contributed by atoms with Crippen LogP contribution in [0.3, 0.4) is 0 Å². The van der Waals surface area contributed by atoms with Gasteiger partial charge in [-0.3, -0.25) is 9.59 Å². The topological polar surface area (TPSA) is 62.3 Å². The third-order valence-corrected chi connectivity index (χ3v) is 5.64. The number of carbonyl (C=O) groups is 2. The van der Waals surface area contributed by atoms with Gasteiger partial charge < -0.3 is 10.2 Å². The lowest BCUT2D eigenvalue weighted by Crippen LogP contribution is -2.41. The van der Waals surface area contributed by atoms with Crippen LogP contribution in [0.4, 0.5) is 9.52 Å². The maximum atomic E-state index is 13.5. The molecule has 1 N–H and O–H groups in total. The third-order valence-electron chi connectivity index (χ3n) is 4.76. The van der Waals surface area contributed by atoms with E-state index in [0.717, 1.165) is 31.4 Å². The molecule has 5 nitrogen and oxygen atoms in total. The minimum absolute atomic E-state index is 0.0650. The summed E-state index contributed by atoms with van der Waals surface area (Å²) in [5, 5.41) is 5.12. The van der Waals surface area contributed by atoms with Crippen molar-refractivity contribution in [1.29, 1.82) is 0 Å². The van der Waals surface area contributed by atoms with Crippen molar-refractivity contribution in [3.8, 4) is 0 Å². The standard InChI is InChI=1S/C20H24FN3O2S/c1-14-13-27-20(22-14)23-18(25)12-24(11-15-6-3-2-4-7-15)19(26)16-8-5-9-17(21)10-16/h5,8-10,13,15H,2-4,6-7,11-12H2,1H3,(H,22,23,25). The molecule has 2 amide bonds. The molecule has 1 aromatic heterocycles. The Morgan fingerprint density at radius 3 is 2.74 bits per heavy atom. The van der Waals surface area contributed by atoms with E-state index >= 15 is 0 Å². The van der Waals surface area contributed by atoms with Gasteiger partial charge in [0.25, 0.3) is 5.91 Å². The second-order valence-corrected chi connectivity index (χ2v) is 7.90. The summed E-state index contributed by atoms with van der Waals surface area (Å²) in [6, 6.07) is 5.62. The van der Waals surface area contributed by atoms with Crippen molar-refractivity contribution < 1.29 is 14.0 Å². The van der Waals surface area contributed by atoms with Gasteiger partial charge in [-0.25, -0.2) is 9.37 Å². The van der Waals surface area contributed by atoms with Crippen molar-refractivity contribution in [2.75, 3.05) is 18.4 Å². The molecule has 1 aromatic carbocycles. The van der Waals surface area contributed by atoms with Crippen molar-refractivity contribution >= 4 is 28.3 Å². The van der Waals surface area contributed by atoms with E-state index in [1.54, 1.807) is 11.0 Å². The van der Waals surface area contributed by atoms with Crippen LogP contribution < -0.4 is 5.32 Å². The quantitative estimate of drug-likeness (QED) is 0.803. The molecule has 1 fully saturated rings. The molecule has 1 aliphatic carbocycles. The van der Waals surface area contributed by atoms with E-state index < -0.39 is 5.82 Å². The molecule has 0 unspecified atom stereocenters. The molecule has 2 aromatic rings. The van der Waals surface area contributed by atoms with Gasteiger partial charge in [0.05, 0.1) is 5.69 Å². The number of nitrogens with zero attached hydrogens (tertiary/aromatic N) is 2. The predicted molar refractivity (Wildman–Crippen MR) is 104 cm³/mol. The van der Waals surface area contributed by atoms with E-state index in [-0.39, 0.29) is 23.9 Å². The van der Waals surface area contributed by atoms with E-state index in [1.807, 2.05) is 12.3 Å². The second-order valence-electron chi connectivity index (χ2n) is 7.04. The number of hydrogen-bond acceptors (Lipinski definition) is 4. The Bertz CT molecular complexity index is 802. The zero-order valence-corrected chi connectivity index (χ0v) is 16.2. The van der Waals surface area contributed by atoms with Gasteiger partial charge in [-0.05, 0) is 43.9 Å². The lowest BCUT2D eigenvalue weighted by molar-refractivity contribution is -0.117. The first-order valence-corrected chi connectivity index (χ1v) is 10.2. The SMILES string of the molecule is Cc1csc(NC(=O)CN(CC2CCCCC2)C(=O)c2cccc(F)c2)n1. The molecule has 0 radical (unpaired) electrons. The summed E-state index contributed by atoms with van der Waals surface area (Å²) >= 11 is 1.35. The number of aryl methyl sites for hydroxylation is 1. The fourth-order valence-electron chi connectivity index (χ4n) is 3.45. The van der Waals surface area contributed by atoms with Gasteiger partial charge in [0.15, 0.2) is 5.13 Å².